The Morgan fingerprint density at radius 3 is 1.31 bits per heavy atom. The summed E-state index contributed by atoms with van der Waals surface area (Å²) in [6, 6.07) is 56.5. The van der Waals surface area contributed by atoms with Crippen molar-refractivity contribution in [2.75, 3.05) is 4.90 Å². The Hall–Kier alpha value is -6.52. The Bertz CT molecular complexity index is 2440. The van der Waals surface area contributed by atoms with Gasteiger partial charge in [-0.1, -0.05) is 152 Å². The molecule has 0 atom stereocenters. The van der Waals surface area contributed by atoms with E-state index in [1.807, 2.05) is 103 Å². The van der Waals surface area contributed by atoms with Crippen LogP contribution in [0.15, 0.2) is 170 Å². The van der Waals surface area contributed by atoms with Crippen molar-refractivity contribution in [2.45, 2.75) is 0 Å². The maximum Gasteiger partial charge on any atom is 0.268 e. The first kappa shape index (κ1) is 27.8. The third-order valence-electron chi connectivity index (χ3n) is 9.34. The molecule has 0 aliphatic carbocycles. The van der Waals surface area contributed by atoms with Gasteiger partial charge in [0.2, 0.25) is 0 Å². The van der Waals surface area contributed by atoms with Crippen LogP contribution in [0.5, 0.6) is 0 Å². The molecule has 4 nitrogen and oxygen atoms in total. The minimum Gasteiger partial charge on any atom is -0.307 e. The molecule has 0 saturated heterocycles. The van der Waals surface area contributed by atoms with Gasteiger partial charge in [-0.3, -0.25) is 9.59 Å². The number of nitrogens with zero attached hydrogens (tertiary/aromatic N) is 2. The number of imide groups is 1. The lowest BCUT2D eigenvalue weighted by atomic mass is 10.0. The first-order valence-corrected chi connectivity index (χ1v) is 16.0. The average molecular weight is 617 g/mol. The number of hydrogen-bond acceptors (Lipinski definition) is 2. The minimum atomic E-state index is -0.335. The number of carbonyl (C=O) groups is 2. The van der Waals surface area contributed by atoms with Gasteiger partial charge in [0.05, 0.1) is 33.5 Å². The summed E-state index contributed by atoms with van der Waals surface area (Å²) in [6.45, 7) is 0. The molecule has 7 aromatic carbocycles. The van der Waals surface area contributed by atoms with Gasteiger partial charge in [0.25, 0.3) is 11.8 Å². The Balaban J connectivity index is 1.36. The minimum absolute atomic E-state index is 0.326. The van der Waals surface area contributed by atoms with Crippen molar-refractivity contribution in [3.63, 3.8) is 0 Å². The molecule has 0 N–H and O–H groups in total. The van der Waals surface area contributed by atoms with E-state index < -0.39 is 0 Å². The van der Waals surface area contributed by atoms with Crippen molar-refractivity contribution >= 4 is 39.3 Å². The highest BCUT2D eigenvalue weighted by atomic mass is 16.2. The maximum absolute atomic E-state index is 14.8. The van der Waals surface area contributed by atoms with E-state index in [4.69, 9.17) is 0 Å². The molecule has 1 aliphatic rings. The van der Waals surface area contributed by atoms with Crippen LogP contribution >= 0.6 is 0 Å². The third-order valence-corrected chi connectivity index (χ3v) is 9.34. The molecular weight excluding hydrogens is 588 g/mol. The predicted molar refractivity (Wildman–Crippen MR) is 195 cm³/mol. The molecule has 2 heterocycles. The first-order valence-electron chi connectivity index (χ1n) is 16.0. The molecular formula is C44H28N2O2. The lowest BCUT2D eigenvalue weighted by molar-refractivity contribution is 0.0926. The monoisotopic (exact) mass is 616 g/mol. The fraction of sp³-hybridized carbons (Fsp3) is 0. The second-order valence-electron chi connectivity index (χ2n) is 12.0. The summed E-state index contributed by atoms with van der Waals surface area (Å²) in [5.41, 5.74) is 10.0. The van der Waals surface area contributed by atoms with Gasteiger partial charge in [-0.05, 0) is 34.9 Å². The van der Waals surface area contributed by atoms with E-state index in [1.165, 1.54) is 4.90 Å². The predicted octanol–water partition coefficient (Wildman–Crippen LogP) is 10.6. The molecule has 0 fully saturated rings. The molecule has 1 aromatic heterocycles. The molecule has 0 saturated carbocycles. The number of fused-ring (bicyclic) bond motifs is 4. The fourth-order valence-electron chi connectivity index (χ4n) is 7.26. The number of anilines is 1. The largest absolute Gasteiger partial charge is 0.307 e. The smallest absolute Gasteiger partial charge is 0.268 e. The molecule has 9 rings (SSSR count). The summed E-state index contributed by atoms with van der Waals surface area (Å²) < 4.78 is 2.21. The zero-order valence-corrected chi connectivity index (χ0v) is 25.9. The van der Waals surface area contributed by atoms with Crippen molar-refractivity contribution in [1.29, 1.82) is 0 Å². The molecule has 2 amide bonds. The summed E-state index contributed by atoms with van der Waals surface area (Å²) in [5.74, 6) is -0.661. The molecule has 4 heteroatoms. The Morgan fingerprint density at radius 1 is 0.333 bits per heavy atom. The van der Waals surface area contributed by atoms with Crippen LogP contribution in [0.25, 0.3) is 60.9 Å². The zero-order valence-electron chi connectivity index (χ0n) is 25.9. The van der Waals surface area contributed by atoms with Gasteiger partial charge in [0, 0.05) is 27.5 Å². The number of para-hydroxylation sites is 3. The highest BCUT2D eigenvalue weighted by Crippen LogP contribution is 2.44. The van der Waals surface area contributed by atoms with Crippen LogP contribution in [0.3, 0.4) is 0 Å². The highest BCUT2D eigenvalue weighted by molar-refractivity contribution is 6.36. The zero-order chi connectivity index (χ0) is 32.2. The van der Waals surface area contributed by atoms with E-state index in [1.54, 1.807) is 6.07 Å². The van der Waals surface area contributed by atoms with Crippen LogP contribution in [-0.2, 0) is 0 Å². The number of rotatable bonds is 5. The summed E-state index contributed by atoms with van der Waals surface area (Å²) in [4.78, 5) is 30.4. The van der Waals surface area contributed by atoms with Crippen LogP contribution in [0.2, 0.25) is 0 Å². The van der Waals surface area contributed by atoms with Gasteiger partial charge < -0.3 is 4.57 Å². The Kier molecular flexibility index (Phi) is 6.41. The number of aromatic nitrogens is 1. The van der Waals surface area contributed by atoms with Gasteiger partial charge in [0.1, 0.15) is 0 Å². The van der Waals surface area contributed by atoms with Crippen LogP contribution in [0, 0.1) is 0 Å². The number of benzene rings is 7. The van der Waals surface area contributed by atoms with Crippen molar-refractivity contribution in [3.05, 3.63) is 181 Å². The molecule has 226 valence electrons. The lowest BCUT2D eigenvalue weighted by Crippen LogP contribution is -2.30. The van der Waals surface area contributed by atoms with Crippen LogP contribution in [-0.4, -0.2) is 16.4 Å². The van der Waals surface area contributed by atoms with Crippen molar-refractivity contribution in [1.82, 2.24) is 4.57 Å². The van der Waals surface area contributed by atoms with E-state index >= 15 is 0 Å². The fourth-order valence-corrected chi connectivity index (χ4v) is 7.26. The molecule has 0 bridgehead atoms. The van der Waals surface area contributed by atoms with E-state index in [0.29, 0.717) is 22.5 Å². The van der Waals surface area contributed by atoms with E-state index in [-0.39, 0.29) is 11.8 Å². The van der Waals surface area contributed by atoms with Crippen LogP contribution in [0.1, 0.15) is 20.7 Å². The Labute approximate surface area is 277 Å². The molecule has 8 aromatic rings. The average Bonchev–Trinajstić information content (AvgIpc) is 3.63. The van der Waals surface area contributed by atoms with Gasteiger partial charge >= 0.3 is 0 Å². The topological polar surface area (TPSA) is 42.3 Å². The summed E-state index contributed by atoms with van der Waals surface area (Å²) in [5, 5.41) is 2.15. The molecule has 0 unspecified atom stereocenters. The second-order valence-corrected chi connectivity index (χ2v) is 12.0. The van der Waals surface area contributed by atoms with Gasteiger partial charge in [-0.15, -0.1) is 0 Å². The van der Waals surface area contributed by atoms with Gasteiger partial charge in [-0.25, -0.2) is 4.90 Å². The lowest BCUT2D eigenvalue weighted by Gasteiger charge is -2.19. The van der Waals surface area contributed by atoms with Crippen molar-refractivity contribution in [3.8, 4) is 39.1 Å². The van der Waals surface area contributed by atoms with E-state index in [0.717, 1.165) is 55.2 Å². The highest BCUT2D eigenvalue weighted by Gasteiger charge is 2.40. The molecule has 1 aliphatic heterocycles. The summed E-state index contributed by atoms with van der Waals surface area (Å²) >= 11 is 0. The molecule has 0 radical (unpaired) electrons. The summed E-state index contributed by atoms with van der Waals surface area (Å²) in [7, 11) is 0. The molecule has 0 spiro atoms. The van der Waals surface area contributed by atoms with Crippen LogP contribution < -0.4 is 4.90 Å². The normalized spacial score (nSPS) is 12.6. The third kappa shape index (κ3) is 4.16. The summed E-state index contributed by atoms with van der Waals surface area (Å²) in [6.07, 6.45) is 0. The number of amides is 2. The SMILES string of the molecule is O=C1c2cccc(-n3c4c(-c5ccccc5)cccc4c4cccc(-c5ccccc5)c43)c2C(=O)N1c1ccccc1-c1ccccc1. The Morgan fingerprint density at radius 2 is 0.750 bits per heavy atom. The van der Waals surface area contributed by atoms with Crippen LogP contribution in [0.4, 0.5) is 5.69 Å². The second kappa shape index (κ2) is 11.1. The van der Waals surface area contributed by atoms with Gasteiger partial charge in [-0.2, -0.15) is 0 Å². The van der Waals surface area contributed by atoms with E-state index in [9.17, 15) is 9.59 Å². The number of carbonyl (C=O) groups excluding carboxylic acids is 2. The number of hydrogen-bond donors (Lipinski definition) is 0. The van der Waals surface area contributed by atoms with Gasteiger partial charge in [0.15, 0.2) is 0 Å². The quantitative estimate of drug-likeness (QED) is 0.181. The standard InChI is InChI=1S/C44H28N2O2/c47-43-37-26-14-28-39(40(37)44(48)46(43)38-27-11-10-21-32(38)29-15-4-1-5-16-29)45-41-33(30-17-6-2-7-18-30)22-12-24-35(41)36-25-13-23-34(42(36)45)31-19-8-3-9-20-31/h1-28H. The van der Waals surface area contributed by atoms with Crippen molar-refractivity contribution < 1.29 is 9.59 Å². The molecule has 48 heavy (non-hydrogen) atoms. The van der Waals surface area contributed by atoms with Crippen molar-refractivity contribution in [2.24, 2.45) is 0 Å². The maximum atomic E-state index is 14.8. The van der Waals surface area contributed by atoms with E-state index in [2.05, 4.69) is 65.2 Å². The first-order chi connectivity index (χ1) is 23.7.